The zero-order chi connectivity index (χ0) is 14.8. The van der Waals surface area contributed by atoms with Crippen molar-refractivity contribution in [2.75, 3.05) is 12.0 Å². The van der Waals surface area contributed by atoms with Gasteiger partial charge in [0.05, 0.1) is 18.4 Å². The fourth-order valence-electron chi connectivity index (χ4n) is 2.43. The molecule has 1 heterocycles. The number of nitrogens with zero attached hydrogens (tertiary/aromatic N) is 1. The van der Waals surface area contributed by atoms with Gasteiger partial charge in [0.2, 0.25) is 0 Å². The molecule has 0 bridgehead atoms. The molecule has 21 heavy (non-hydrogen) atoms. The molecule has 1 saturated carbocycles. The van der Waals surface area contributed by atoms with Crippen LogP contribution in [0.5, 0.6) is 5.75 Å². The minimum absolute atomic E-state index is 0.331. The number of methoxy groups -OCH3 is 1. The first-order valence-electron chi connectivity index (χ1n) is 6.88. The summed E-state index contributed by atoms with van der Waals surface area (Å²) in [5, 5.41) is 13.6. The van der Waals surface area contributed by atoms with E-state index in [4.69, 9.17) is 4.74 Å². The number of benzene rings is 1. The molecule has 0 unspecified atom stereocenters. The minimum atomic E-state index is -0.899. The molecule has 4 nitrogen and oxygen atoms in total. The topological polar surface area (TPSA) is 49.8 Å². The Balaban J connectivity index is 1.99. The van der Waals surface area contributed by atoms with Crippen molar-refractivity contribution in [2.45, 2.75) is 25.4 Å². The molecule has 3 rings (SSSR count). The second-order valence-corrected chi connectivity index (χ2v) is 5.96. The minimum Gasteiger partial charge on any atom is -0.497 e. The van der Waals surface area contributed by atoms with Gasteiger partial charge in [0.15, 0.2) is 0 Å². The molecule has 1 N–H and O–H groups in total. The number of rotatable bonds is 6. The predicted molar refractivity (Wildman–Crippen MR) is 83.5 cm³/mol. The van der Waals surface area contributed by atoms with Gasteiger partial charge in [0, 0.05) is 18.7 Å². The van der Waals surface area contributed by atoms with Crippen LogP contribution in [0.15, 0.2) is 35.0 Å². The van der Waals surface area contributed by atoms with E-state index in [1.807, 2.05) is 11.4 Å². The molecule has 110 valence electrons. The lowest BCUT2D eigenvalue weighted by Gasteiger charge is -2.26. The third kappa shape index (κ3) is 3.03. The zero-order valence-electron chi connectivity index (χ0n) is 11.8. The maximum Gasteiger partial charge on any atom is 0.337 e. The van der Waals surface area contributed by atoms with Crippen LogP contribution in [0.2, 0.25) is 0 Å². The van der Waals surface area contributed by atoms with Gasteiger partial charge in [-0.25, -0.2) is 4.79 Å². The van der Waals surface area contributed by atoms with Crippen LogP contribution in [0.1, 0.15) is 28.8 Å². The first kappa shape index (κ1) is 13.9. The number of carboxylic acid groups (broad SMARTS) is 1. The Labute approximate surface area is 127 Å². The van der Waals surface area contributed by atoms with E-state index in [9.17, 15) is 9.90 Å². The van der Waals surface area contributed by atoms with E-state index in [0.29, 0.717) is 17.4 Å². The number of ether oxygens (including phenoxy) is 1. The largest absolute Gasteiger partial charge is 0.497 e. The molecule has 1 aliphatic carbocycles. The number of anilines is 1. The highest BCUT2D eigenvalue weighted by Crippen LogP contribution is 2.37. The van der Waals surface area contributed by atoms with Gasteiger partial charge in [-0.3, -0.25) is 0 Å². The molecule has 0 amide bonds. The number of aromatic carboxylic acids is 1. The summed E-state index contributed by atoms with van der Waals surface area (Å²) in [5.74, 6) is -0.213. The quantitative estimate of drug-likeness (QED) is 0.885. The highest BCUT2D eigenvalue weighted by Gasteiger charge is 2.31. The van der Waals surface area contributed by atoms with Gasteiger partial charge in [-0.15, -0.1) is 0 Å². The number of carboxylic acids is 1. The van der Waals surface area contributed by atoms with E-state index < -0.39 is 5.97 Å². The fraction of sp³-hybridized carbons (Fsp3) is 0.312. The van der Waals surface area contributed by atoms with Crippen LogP contribution in [-0.2, 0) is 6.54 Å². The van der Waals surface area contributed by atoms with Crippen LogP contribution in [0.25, 0.3) is 0 Å². The predicted octanol–water partition coefficient (Wildman–Crippen LogP) is 3.62. The monoisotopic (exact) mass is 303 g/mol. The molecule has 0 aliphatic heterocycles. The highest BCUT2D eigenvalue weighted by atomic mass is 32.1. The summed E-state index contributed by atoms with van der Waals surface area (Å²) in [6.07, 6.45) is 2.22. The summed E-state index contributed by atoms with van der Waals surface area (Å²) >= 11 is 1.66. The molecule has 0 spiro atoms. The average molecular weight is 303 g/mol. The normalized spacial score (nSPS) is 14.0. The van der Waals surface area contributed by atoms with Gasteiger partial charge in [-0.1, -0.05) is 0 Å². The molecule has 0 atom stereocenters. The van der Waals surface area contributed by atoms with Gasteiger partial charge in [-0.05, 0) is 47.4 Å². The van der Waals surface area contributed by atoms with Crippen molar-refractivity contribution in [2.24, 2.45) is 0 Å². The van der Waals surface area contributed by atoms with Crippen LogP contribution in [-0.4, -0.2) is 24.2 Å². The van der Waals surface area contributed by atoms with Crippen molar-refractivity contribution in [3.63, 3.8) is 0 Å². The molecule has 1 fully saturated rings. The molecular formula is C16H17NO3S. The lowest BCUT2D eigenvalue weighted by atomic mass is 10.1. The van der Waals surface area contributed by atoms with Crippen molar-refractivity contribution < 1.29 is 14.6 Å². The van der Waals surface area contributed by atoms with Crippen molar-refractivity contribution in [3.8, 4) is 5.75 Å². The second-order valence-electron chi connectivity index (χ2n) is 5.18. The van der Waals surface area contributed by atoms with E-state index in [1.165, 1.54) is 5.56 Å². The van der Waals surface area contributed by atoms with Crippen molar-refractivity contribution in [3.05, 3.63) is 46.2 Å². The van der Waals surface area contributed by atoms with Gasteiger partial charge < -0.3 is 14.7 Å². The molecule has 1 aliphatic rings. The Morgan fingerprint density at radius 1 is 1.43 bits per heavy atom. The summed E-state index contributed by atoms with van der Waals surface area (Å²) in [6.45, 7) is 0.738. The Morgan fingerprint density at radius 2 is 2.24 bits per heavy atom. The summed E-state index contributed by atoms with van der Waals surface area (Å²) in [5.41, 5.74) is 2.29. The number of thiophene rings is 1. The Kier molecular flexibility index (Phi) is 3.84. The lowest BCUT2D eigenvalue weighted by molar-refractivity contribution is 0.0697. The van der Waals surface area contributed by atoms with Gasteiger partial charge >= 0.3 is 5.97 Å². The van der Waals surface area contributed by atoms with Crippen molar-refractivity contribution >= 4 is 23.0 Å². The van der Waals surface area contributed by atoms with E-state index >= 15 is 0 Å². The van der Waals surface area contributed by atoms with E-state index in [2.05, 4.69) is 16.3 Å². The maximum atomic E-state index is 11.5. The Hall–Kier alpha value is -2.01. The average Bonchev–Trinajstić information content (AvgIpc) is 3.20. The lowest BCUT2D eigenvalue weighted by Crippen LogP contribution is -2.26. The van der Waals surface area contributed by atoms with Crippen LogP contribution in [0.4, 0.5) is 5.69 Å². The van der Waals surface area contributed by atoms with E-state index in [1.54, 1.807) is 30.6 Å². The summed E-state index contributed by atoms with van der Waals surface area (Å²) in [4.78, 5) is 13.7. The van der Waals surface area contributed by atoms with Crippen LogP contribution >= 0.6 is 11.3 Å². The summed E-state index contributed by atoms with van der Waals surface area (Å²) in [7, 11) is 1.60. The van der Waals surface area contributed by atoms with Crippen LogP contribution in [0, 0.1) is 0 Å². The molecule has 1 aromatic carbocycles. The Bertz CT molecular complexity index is 635. The third-order valence-electron chi connectivity index (χ3n) is 3.67. The standard InChI is InChI=1S/C16H17NO3S/c1-20-13-4-5-14(16(18)19)15(8-13)17(12-2-3-12)9-11-6-7-21-10-11/h4-8,10,12H,2-3,9H2,1H3,(H,18,19). The Morgan fingerprint density at radius 3 is 2.81 bits per heavy atom. The van der Waals surface area contributed by atoms with Gasteiger partial charge in [0.25, 0.3) is 0 Å². The van der Waals surface area contributed by atoms with E-state index in [0.717, 1.165) is 25.1 Å². The number of carbonyl (C=O) groups is 1. The molecule has 0 saturated heterocycles. The highest BCUT2D eigenvalue weighted by molar-refractivity contribution is 7.07. The van der Waals surface area contributed by atoms with Gasteiger partial charge in [0.1, 0.15) is 5.75 Å². The second kappa shape index (κ2) is 5.77. The van der Waals surface area contributed by atoms with E-state index in [-0.39, 0.29) is 0 Å². The molecule has 1 aromatic heterocycles. The first-order chi connectivity index (χ1) is 10.2. The molecular weight excluding hydrogens is 286 g/mol. The van der Waals surface area contributed by atoms with Gasteiger partial charge in [-0.2, -0.15) is 11.3 Å². The SMILES string of the molecule is COc1ccc(C(=O)O)c(N(Cc2ccsc2)C2CC2)c1. The molecule has 5 heteroatoms. The number of hydrogen-bond acceptors (Lipinski definition) is 4. The summed E-state index contributed by atoms with van der Waals surface area (Å²) in [6, 6.07) is 7.66. The van der Waals surface area contributed by atoms with Crippen LogP contribution < -0.4 is 9.64 Å². The smallest absolute Gasteiger partial charge is 0.337 e. The van der Waals surface area contributed by atoms with Crippen molar-refractivity contribution in [1.82, 2.24) is 0 Å². The maximum absolute atomic E-state index is 11.5. The third-order valence-corrected chi connectivity index (χ3v) is 4.40. The number of hydrogen-bond donors (Lipinski definition) is 1. The van der Waals surface area contributed by atoms with Crippen LogP contribution in [0.3, 0.4) is 0 Å². The van der Waals surface area contributed by atoms with Crippen molar-refractivity contribution in [1.29, 1.82) is 0 Å². The molecule has 2 aromatic rings. The zero-order valence-corrected chi connectivity index (χ0v) is 12.6. The molecule has 0 radical (unpaired) electrons. The first-order valence-corrected chi connectivity index (χ1v) is 7.82. The fourth-order valence-corrected chi connectivity index (χ4v) is 3.09. The summed E-state index contributed by atoms with van der Waals surface area (Å²) < 4.78 is 5.26.